The Kier molecular flexibility index (Phi) is 1.73. The minimum Gasteiger partial charge on any atom is -0.391 e. The van der Waals surface area contributed by atoms with Crippen LogP contribution in [0.5, 0.6) is 11.5 Å². The van der Waals surface area contributed by atoms with Crippen LogP contribution in [0.25, 0.3) is 0 Å². The number of hydrogen-bond donors (Lipinski definition) is 1. The van der Waals surface area contributed by atoms with E-state index >= 15 is 0 Å². The zero-order valence-electron chi connectivity index (χ0n) is 6.61. The molecule has 1 N–H and O–H groups in total. The van der Waals surface area contributed by atoms with Gasteiger partial charge < -0.3 is 9.05 Å². The molecule has 0 amide bonds. The fraction of sp³-hybridized carbons (Fsp3) is 0. The molecule has 0 saturated heterocycles. The van der Waals surface area contributed by atoms with Crippen molar-refractivity contribution in [1.29, 1.82) is 0 Å². The van der Waals surface area contributed by atoms with Crippen molar-refractivity contribution in [3.8, 4) is 11.5 Å². The SMILES string of the molecule is O=[N+]([O-])c1ccc2c(c1)OP(=O)(O)O2. The fourth-order valence-electron chi connectivity index (χ4n) is 1.02. The third-order valence-corrected chi connectivity index (χ3v) is 2.42. The highest BCUT2D eigenvalue weighted by molar-refractivity contribution is 7.48. The Balaban J connectivity index is 2.45. The van der Waals surface area contributed by atoms with E-state index in [1.165, 1.54) is 6.07 Å². The second-order valence-corrected chi connectivity index (χ2v) is 3.84. The maximum absolute atomic E-state index is 10.9. The average Bonchev–Trinajstić information content (AvgIpc) is 2.36. The molecular weight excluding hydrogens is 213 g/mol. The van der Waals surface area contributed by atoms with Crippen LogP contribution in [0.15, 0.2) is 18.2 Å². The molecule has 1 unspecified atom stereocenters. The number of phosphoric ester groups is 1. The first-order valence-corrected chi connectivity index (χ1v) is 4.98. The van der Waals surface area contributed by atoms with Gasteiger partial charge in [-0.25, -0.2) is 4.57 Å². The molecule has 0 spiro atoms. The van der Waals surface area contributed by atoms with Gasteiger partial charge in [0.05, 0.1) is 11.0 Å². The van der Waals surface area contributed by atoms with E-state index in [1.54, 1.807) is 0 Å². The van der Waals surface area contributed by atoms with Gasteiger partial charge in [-0.3, -0.25) is 15.0 Å². The average molecular weight is 217 g/mol. The zero-order chi connectivity index (χ0) is 10.3. The molecule has 1 aromatic rings. The molecule has 0 radical (unpaired) electrons. The third-order valence-electron chi connectivity index (χ3n) is 1.57. The van der Waals surface area contributed by atoms with E-state index in [4.69, 9.17) is 4.89 Å². The lowest BCUT2D eigenvalue weighted by Gasteiger charge is -1.97. The number of rotatable bonds is 1. The normalized spacial score (nSPS) is 23.5. The number of phosphoric acid groups is 1. The Labute approximate surface area is 77.6 Å². The van der Waals surface area contributed by atoms with Crippen LogP contribution in [-0.2, 0) is 4.57 Å². The van der Waals surface area contributed by atoms with Gasteiger partial charge in [-0.05, 0) is 6.07 Å². The van der Waals surface area contributed by atoms with Gasteiger partial charge in [-0.15, -0.1) is 0 Å². The number of non-ortho nitro benzene ring substituents is 1. The molecular formula is C6H4NO6P. The summed E-state index contributed by atoms with van der Waals surface area (Å²) in [4.78, 5) is 18.6. The molecule has 7 nitrogen and oxygen atoms in total. The molecule has 1 aromatic carbocycles. The Bertz CT molecular complexity index is 458. The largest absolute Gasteiger partial charge is 0.585 e. The lowest BCUT2D eigenvalue weighted by Crippen LogP contribution is -1.88. The summed E-state index contributed by atoms with van der Waals surface area (Å²) in [6.07, 6.45) is 0. The predicted octanol–water partition coefficient (Wildman–Crippen LogP) is 1.47. The van der Waals surface area contributed by atoms with Gasteiger partial charge in [0.2, 0.25) is 0 Å². The number of nitrogens with zero attached hydrogens (tertiary/aromatic N) is 1. The summed E-state index contributed by atoms with van der Waals surface area (Å²) >= 11 is 0. The fourth-order valence-corrected chi connectivity index (χ4v) is 1.85. The summed E-state index contributed by atoms with van der Waals surface area (Å²) in [5, 5.41) is 10.3. The molecule has 1 aliphatic heterocycles. The van der Waals surface area contributed by atoms with Gasteiger partial charge in [-0.2, -0.15) is 0 Å². The second-order valence-electron chi connectivity index (χ2n) is 2.54. The minimum atomic E-state index is -4.10. The highest BCUT2D eigenvalue weighted by Gasteiger charge is 2.35. The van der Waals surface area contributed by atoms with Crippen molar-refractivity contribution < 1.29 is 23.4 Å². The topological polar surface area (TPSA) is 98.9 Å². The Morgan fingerprint density at radius 1 is 1.36 bits per heavy atom. The van der Waals surface area contributed by atoms with Crippen LogP contribution in [0, 0.1) is 10.1 Å². The molecule has 74 valence electrons. The molecule has 0 bridgehead atoms. The van der Waals surface area contributed by atoms with Crippen LogP contribution >= 0.6 is 7.82 Å². The predicted molar refractivity (Wildman–Crippen MR) is 44.2 cm³/mol. The van der Waals surface area contributed by atoms with Crippen molar-refractivity contribution in [2.24, 2.45) is 0 Å². The Morgan fingerprint density at radius 3 is 2.64 bits per heavy atom. The van der Waals surface area contributed by atoms with Gasteiger partial charge in [0.1, 0.15) is 0 Å². The Hall–Kier alpha value is -1.59. The minimum absolute atomic E-state index is 0.0291. The zero-order valence-corrected chi connectivity index (χ0v) is 7.51. The number of benzene rings is 1. The molecule has 2 rings (SSSR count). The van der Waals surface area contributed by atoms with E-state index in [-0.39, 0.29) is 17.2 Å². The van der Waals surface area contributed by atoms with Crippen molar-refractivity contribution >= 4 is 13.5 Å². The first kappa shape index (κ1) is 8.98. The van der Waals surface area contributed by atoms with Crippen LogP contribution in [0.2, 0.25) is 0 Å². The number of fused-ring (bicyclic) bond motifs is 1. The molecule has 0 aliphatic carbocycles. The first-order chi connectivity index (χ1) is 6.48. The van der Waals surface area contributed by atoms with Gasteiger partial charge in [0.15, 0.2) is 11.5 Å². The number of hydrogen-bond acceptors (Lipinski definition) is 5. The van der Waals surface area contributed by atoms with Crippen LogP contribution in [0.1, 0.15) is 0 Å². The summed E-state index contributed by atoms with van der Waals surface area (Å²) in [5.74, 6) is -0.0635. The molecule has 1 heterocycles. The van der Waals surface area contributed by atoms with E-state index in [9.17, 15) is 14.7 Å². The van der Waals surface area contributed by atoms with Crippen LogP contribution in [0.4, 0.5) is 5.69 Å². The summed E-state index contributed by atoms with van der Waals surface area (Å²) in [7, 11) is -4.10. The monoisotopic (exact) mass is 217 g/mol. The summed E-state index contributed by atoms with van der Waals surface area (Å²) in [5.41, 5.74) is -0.228. The van der Waals surface area contributed by atoms with Crippen molar-refractivity contribution in [2.75, 3.05) is 0 Å². The number of nitro groups is 1. The highest BCUT2D eigenvalue weighted by Crippen LogP contribution is 2.55. The molecule has 0 fully saturated rings. The smallest absolute Gasteiger partial charge is 0.391 e. The molecule has 8 heteroatoms. The standard InChI is InChI=1S/C6H4NO6P/c8-7(9)4-1-2-5-6(3-4)13-14(10,11)12-5/h1-3H,(H,10,11). The Morgan fingerprint density at radius 2 is 2.00 bits per heavy atom. The molecule has 14 heavy (non-hydrogen) atoms. The van der Waals surface area contributed by atoms with Crippen molar-refractivity contribution in [3.05, 3.63) is 28.3 Å². The van der Waals surface area contributed by atoms with E-state index in [0.717, 1.165) is 12.1 Å². The summed E-state index contributed by atoms with van der Waals surface area (Å²) < 4.78 is 19.9. The number of nitro benzene ring substituents is 1. The molecule has 0 saturated carbocycles. The van der Waals surface area contributed by atoms with E-state index in [2.05, 4.69) is 9.05 Å². The van der Waals surface area contributed by atoms with E-state index < -0.39 is 12.7 Å². The van der Waals surface area contributed by atoms with Gasteiger partial charge in [0.25, 0.3) is 5.69 Å². The van der Waals surface area contributed by atoms with E-state index in [1.807, 2.05) is 0 Å². The van der Waals surface area contributed by atoms with Gasteiger partial charge >= 0.3 is 7.82 Å². The van der Waals surface area contributed by atoms with Crippen molar-refractivity contribution in [3.63, 3.8) is 0 Å². The van der Waals surface area contributed by atoms with Crippen molar-refractivity contribution in [2.45, 2.75) is 0 Å². The van der Waals surface area contributed by atoms with Gasteiger partial charge in [-0.1, -0.05) is 0 Å². The van der Waals surface area contributed by atoms with Crippen LogP contribution < -0.4 is 9.05 Å². The second kappa shape index (κ2) is 2.70. The molecule has 0 aromatic heterocycles. The van der Waals surface area contributed by atoms with Crippen LogP contribution in [-0.4, -0.2) is 9.82 Å². The third kappa shape index (κ3) is 1.43. The maximum atomic E-state index is 10.9. The molecule has 1 aliphatic rings. The van der Waals surface area contributed by atoms with Gasteiger partial charge in [0, 0.05) is 6.07 Å². The molecule has 1 atom stereocenters. The van der Waals surface area contributed by atoms with Crippen LogP contribution in [0.3, 0.4) is 0 Å². The first-order valence-electron chi connectivity index (χ1n) is 3.48. The summed E-state index contributed by atoms with van der Waals surface area (Å²) in [6, 6.07) is 3.40. The maximum Gasteiger partial charge on any atom is 0.585 e. The highest BCUT2D eigenvalue weighted by atomic mass is 31.2. The van der Waals surface area contributed by atoms with E-state index in [0.29, 0.717) is 0 Å². The van der Waals surface area contributed by atoms with Crippen molar-refractivity contribution in [1.82, 2.24) is 0 Å². The lowest BCUT2D eigenvalue weighted by atomic mass is 10.3. The quantitative estimate of drug-likeness (QED) is 0.434. The lowest BCUT2D eigenvalue weighted by molar-refractivity contribution is -0.384. The summed E-state index contributed by atoms with van der Waals surface area (Å²) in [6.45, 7) is 0.